The van der Waals surface area contributed by atoms with E-state index in [1.807, 2.05) is 0 Å². The molecule has 4 N–H and O–H groups in total. The minimum Gasteiger partial charge on any atom is -0.478 e. The summed E-state index contributed by atoms with van der Waals surface area (Å²) in [5, 5.41) is 42.4. The number of halogens is 4. The second-order valence-corrected chi connectivity index (χ2v) is 11.0. The summed E-state index contributed by atoms with van der Waals surface area (Å²) in [6.07, 6.45) is 0. The largest absolute Gasteiger partial charge is 0.478 e. The molecule has 0 saturated heterocycles. The van der Waals surface area contributed by atoms with E-state index in [1.54, 1.807) is 24.3 Å². The van der Waals surface area contributed by atoms with Crippen LogP contribution in [0.2, 0.25) is 0 Å². The van der Waals surface area contributed by atoms with Crippen molar-refractivity contribution in [2.45, 2.75) is 0 Å². The lowest BCUT2D eigenvalue weighted by Gasteiger charge is -2.23. The van der Waals surface area contributed by atoms with Gasteiger partial charge in [0.25, 0.3) is 0 Å². The third kappa shape index (κ3) is 3.14. The van der Waals surface area contributed by atoms with E-state index in [9.17, 15) is 39.6 Å². The van der Waals surface area contributed by atoms with Crippen LogP contribution in [0, 0.1) is 0 Å². The van der Waals surface area contributed by atoms with Gasteiger partial charge in [0.2, 0.25) is 0 Å². The Kier molecular flexibility index (Phi) is 5.78. The average molecular weight is 744 g/mol. The van der Waals surface area contributed by atoms with Gasteiger partial charge in [0.05, 0.1) is 22.3 Å². The Bertz CT molecular complexity index is 1890. The van der Waals surface area contributed by atoms with Crippen LogP contribution in [-0.4, -0.2) is 44.3 Å². The van der Waals surface area contributed by atoms with Crippen LogP contribution in [0.1, 0.15) is 41.4 Å². The predicted octanol–water partition coefficient (Wildman–Crippen LogP) is 7.58. The smallest absolute Gasteiger partial charge is 0.337 e. The monoisotopic (exact) mass is 740 g/mol. The Morgan fingerprint density at radius 2 is 1.06 bits per heavy atom. The zero-order chi connectivity index (χ0) is 26.4. The van der Waals surface area contributed by atoms with Crippen molar-refractivity contribution >= 4 is 131 Å². The maximum Gasteiger partial charge on any atom is 0.337 e. The van der Waals surface area contributed by atoms with Crippen LogP contribution in [0.15, 0.2) is 42.2 Å². The van der Waals surface area contributed by atoms with E-state index in [1.165, 1.54) is 0 Å². The molecule has 0 aliphatic rings. The SMILES string of the molecule is O=C(O)c1c(C(=O)O)c2c(C(=O)O)c(Br)c(Br)c3c4c(Br)c(Br)cc5cccc(c(c1C(=O)O)c23)c54. The summed E-state index contributed by atoms with van der Waals surface area (Å²) in [4.78, 5) is 49.9. The van der Waals surface area contributed by atoms with Gasteiger partial charge in [-0.15, -0.1) is 0 Å². The molecule has 8 nitrogen and oxygen atoms in total. The van der Waals surface area contributed by atoms with Gasteiger partial charge in [-0.25, -0.2) is 19.2 Å². The average Bonchev–Trinajstić information content (AvgIpc) is 2.79. The maximum absolute atomic E-state index is 12.6. The van der Waals surface area contributed by atoms with Crippen molar-refractivity contribution in [2.75, 3.05) is 0 Å². The first kappa shape index (κ1) is 24.9. The molecule has 5 rings (SSSR count). The first-order chi connectivity index (χ1) is 16.9. The van der Waals surface area contributed by atoms with Crippen molar-refractivity contribution in [3.05, 3.63) is 64.4 Å². The minimum absolute atomic E-state index is 0.000995. The van der Waals surface area contributed by atoms with Gasteiger partial charge in [0.1, 0.15) is 0 Å². The number of hydrogen-bond donors (Lipinski definition) is 4. The van der Waals surface area contributed by atoms with E-state index < -0.39 is 51.5 Å². The number of fused-ring (bicyclic) bond motifs is 2. The van der Waals surface area contributed by atoms with Crippen LogP contribution in [0.5, 0.6) is 0 Å². The van der Waals surface area contributed by atoms with Crippen LogP contribution in [-0.2, 0) is 0 Å². The van der Waals surface area contributed by atoms with Gasteiger partial charge in [0, 0.05) is 44.8 Å². The van der Waals surface area contributed by atoms with Crippen LogP contribution in [0.4, 0.5) is 0 Å². The highest BCUT2D eigenvalue weighted by molar-refractivity contribution is 9.13. The fourth-order valence-corrected chi connectivity index (χ4v) is 6.99. The Morgan fingerprint density at radius 3 is 1.61 bits per heavy atom. The number of benzene rings is 5. The van der Waals surface area contributed by atoms with E-state index >= 15 is 0 Å². The molecule has 0 spiro atoms. The molecule has 0 unspecified atom stereocenters. The predicted molar refractivity (Wildman–Crippen MR) is 146 cm³/mol. The van der Waals surface area contributed by atoms with Crippen molar-refractivity contribution < 1.29 is 39.6 Å². The molecule has 0 fully saturated rings. The van der Waals surface area contributed by atoms with E-state index in [2.05, 4.69) is 63.7 Å². The standard InChI is InChI=1S/C24H8Br4O8/c25-7-4-5-2-1-3-6-8(5)12(18(7)26)13-10-9(6)14(21(29)30)16(23(33)34)15(22(31)32)11(10)17(24(35)36)20(28)19(13)27/h1-4H,(H,29,30)(H,31,32)(H,33,34)(H,35,36). The zero-order valence-corrected chi connectivity index (χ0v) is 23.6. The Morgan fingerprint density at radius 1 is 0.528 bits per heavy atom. The molecule has 5 aromatic carbocycles. The van der Waals surface area contributed by atoms with Crippen LogP contribution < -0.4 is 0 Å². The minimum atomic E-state index is -1.81. The fraction of sp³-hybridized carbons (Fsp3) is 0. The van der Waals surface area contributed by atoms with Gasteiger partial charge in [0.15, 0.2) is 0 Å². The summed E-state index contributed by atoms with van der Waals surface area (Å²) < 4.78 is 1.41. The molecule has 0 atom stereocenters. The molecule has 180 valence electrons. The van der Waals surface area contributed by atoms with E-state index in [4.69, 9.17) is 0 Å². The number of carbonyl (C=O) groups is 4. The molecule has 0 amide bonds. The number of rotatable bonds is 4. The highest BCUT2D eigenvalue weighted by Crippen LogP contribution is 2.52. The summed E-state index contributed by atoms with van der Waals surface area (Å²) in [6.45, 7) is 0. The summed E-state index contributed by atoms with van der Waals surface area (Å²) in [6, 6.07) is 6.84. The van der Waals surface area contributed by atoms with Gasteiger partial charge in [-0.2, -0.15) is 0 Å². The second kappa shape index (κ2) is 8.37. The van der Waals surface area contributed by atoms with E-state index in [0.29, 0.717) is 35.9 Å². The Hall–Kier alpha value is -2.80. The van der Waals surface area contributed by atoms with Gasteiger partial charge < -0.3 is 20.4 Å². The number of hydrogen-bond acceptors (Lipinski definition) is 4. The van der Waals surface area contributed by atoms with Gasteiger partial charge in [-0.3, -0.25) is 0 Å². The number of carboxylic acids is 4. The summed E-state index contributed by atoms with van der Waals surface area (Å²) in [5.74, 6) is -6.78. The molecule has 0 radical (unpaired) electrons. The highest BCUT2D eigenvalue weighted by Gasteiger charge is 2.36. The lowest BCUT2D eigenvalue weighted by atomic mass is 9.81. The van der Waals surface area contributed by atoms with Crippen LogP contribution >= 0.6 is 63.7 Å². The van der Waals surface area contributed by atoms with Crippen LogP contribution in [0.3, 0.4) is 0 Å². The molecule has 0 bridgehead atoms. The van der Waals surface area contributed by atoms with Gasteiger partial charge in [-0.1, -0.05) is 18.2 Å². The molecule has 0 aliphatic carbocycles. The first-order valence-corrected chi connectivity index (χ1v) is 13.0. The van der Waals surface area contributed by atoms with Gasteiger partial charge in [-0.05, 0) is 85.9 Å². The lowest BCUT2D eigenvalue weighted by molar-refractivity contribution is 0.0635. The molecular weight excluding hydrogens is 736 g/mol. The van der Waals surface area contributed by atoms with Crippen molar-refractivity contribution in [2.24, 2.45) is 0 Å². The Balaban J connectivity index is 2.43. The molecule has 5 aromatic rings. The number of carboxylic acid groups (broad SMARTS) is 4. The van der Waals surface area contributed by atoms with E-state index in [0.717, 1.165) is 0 Å². The third-order valence-electron chi connectivity index (χ3n) is 6.06. The Labute approximate surface area is 233 Å². The summed E-state index contributed by atoms with van der Waals surface area (Å²) in [5.41, 5.74) is -3.18. The molecule has 12 heteroatoms. The molecule has 0 aromatic heterocycles. The number of aromatic carboxylic acids is 4. The van der Waals surface area contributed by atoms with Gasteiger partial charge >= 0.3 is 23.9 Å². The quantitative estimate of drug-likeness (QED) is 0.109. The fourth-order valence-electron chi connectivity index (χ4n) is 4.88. The lowest BCUT2D eigenvalue weighted by Crippen LogP contribution is -2.18. The molecule has 0 aliphatic heterocycles. The van der Waals surface area contributed by atoms with Crippen molar-refractivity contribution in [3.63, 3.8) is 0 Å². The van der Waals surface area contributed by atoms with Crippen molar-refractivity contribution in [1.29, 1.82) is 0 Å². The molecule has 0 saturated carbocycles. The molecule has 0 heterocycles. The van der Waals surface area contributed by atoms with Crippen molar-refractivity contribution in [1.82, 2.24) is 0 Å². The van der Waals surface area contributed by atoms with Crippen LogP contribution in [0.25, 0.3) is 43.1 Å². The normalized spacial score (nSPS) is 11.7. The second-order valence-electron chi connectivity index (χ2n) is 7.80. The molecule has 36 heavy (non-hydrogen) atoms. The summed E-state index contributed by atoms with van der Waals surface area (Å²) in [7, 11) is 0. The molecular formula is C24H8Br4O8. The third-order valence-corrected chi connectivity index (χ3v) is 10.2. The maximum atomic E-state index is 12.6. The van der Waals surface area contributed by atoms with E-state index in [-0.39, 0.29) is 19.7 Å². The topological polar surface area (TPSA) is 149 Å². The zero-order valence-electron chi connectivity index (χ0n) is 17.2. The first-order valence-electron chi connectivity index (χ1n) is 9.79. The highest BCUT2D eigenvalue weighted by atomic mass is 79.9. The summed E-state index contributed by atoms with van der Waals surface area (Å²) >= 11 is 13.7. The van der Waals surface area contributed by atoms with Crippen molar-refractivity contribution in [3.8, 4) is 0 Å².